The van der Waals surface area contributed by atoms with Crippen LogP contribution in [-0.2, 0) is 10.0 Å². The summed E-state index contributed by atoms with van der Waals surface area (Å²) in [5.41, 5.74) is 1.54. The highest BCUT2D eigenvalue weighted by atomic mass is 32.2. The summed E-state index contributed by atoms with van der Waals surface area (Å²) in [6.07, 6.45) is 7.43. The molecule has 0 bridgehead atoms. The largest absolute Gasteiger partial charge is 0.382 e. The maximum absolute atomic E-state index is 11.6. The van der Waals surface area contributed by atoms with E-state index in [1.807, 2.05) is 12.1 Å². The van der Waals surface area contributed by atoms with Gasteiger partial charge in [0.2, 0.25) is 10.0 Å². The van der Waals surface area contributed by atoms with Crippen LogP contribution in [-0.4, -0.2) is 14.5 Å². The zero-order valence-corrected chi connectivity index (χ0v) is 13.7. The van der Waals surface area contributed by atoms with Gasteiger partial charge in [-0.05, 0) is 56.2 Å². The Bertz CT molecular complexity index is 576. The third-order valence-corrected chi connectivity index (χ3v) is 5.46. The van der Waals surface area contributed by atoms with E-state index in [1.54, 1.807) is 13.0 Å². The first-order chi connectivity index (χ1) is 9.90. The van der Waals surface area contributed by atoms with Crippen molar-refractivity contribution in [1.29, 1.82) is 0 Å². The SMILES string of the molecule is CCCC1CCC(Nc2ccc(C)c(S(N)(=O)=O)c2)CC1. The molecule has 0 aliphatic heterocycles. The minimum absolute atomic E-state index is 0.215. The first kappa shape index (κ1) is 16.3. The number of rotatable bonds is 5. The number of anilines is 1. The summed E-state index contributed by atoms with van der Waals surface area (Å²) in [7, 11) is -3.65. The number of benzene rings is 1. The van der Waals surface area contributed by atoms with Crippen molar-refractivity contribution in [2.45, 2.75) is 63.3 Å². The molecule has 1 fully saturated rings. The van der Waals surface area contributed by atoms with Gasteiger partial charge in [-0.25, -0.2) is 13.6 Å². The van der Waals surface area contributed by atoms with E-state index < -0.39 is 10.0 Å². The molecule has 0 amide bonds. The van der Waals surface area contributed by atoms with Crippen LogP contribution in [0.25, 0.3) is 0 Å². The van der Waals surface area contributed by atoms with Gasteiger partial charge in [0.25, 0.3) is 0 Å². The molecule has 1 aliphatic rings. The monoisotopic (exact) mass is 310 g/mol. The number of nitrogens with one attached hydrogen (secondary N) is 1. The normalized spacial score (nSPS) is 23.0. The van der Waals surface area contributed by atoms with E-state index in [-0.39, 0.29) is 4.90 Å². The van der Waals surface area contributed by atoms with Gasteiger partial charge in [-0.1, -0.05) is 25.8 Å². The molecule has 0 saturated heterocycles. The van der Waals surface area contributed by atoms with E-state index in [0.29, 0.717) is 11.6 Å². The van der Waals surface area contributed by atoms with E-state index in [0.717, 1.165) is 24.4 Å². The predicted molar refractivity (Wildman–Crippen MR) is 86.8 cm³/mol. The van der Waals surface area contributed by atoms with Crippen molar-refractivity contribution >= 4 is 15.7 Å². The second-order valence-corrected chi connectivity index (χ2v) is 7.71. The molecule has 3 N–H and O–H groups in total. The molecule has 0 aromatic heterocycles. The van der Waals surface area contributed by atoms with E-state index in [2.05, 4.69) is 12.2 Å². The van der Waals surface area contributed by atoms with E-state index in [9.17, 15) is 8.42 Å². The molecule has 0 atom stereocenters. The lowest BCUT2D eigenvalue weighted by atomic mass is 9.83. The number of nitrogens with two attached hydrogens (primary N) is 1. The fourth-order valence-corrected chi connectivity index (χ4v) is 4.04. The third-order valence-electron chi connectivity index (χ3n) is 4.41. The molecular weight excluding hydrogens is 284 g/mol. The number of hydrogen-bond donors (Lipinski definition) is 2. The molecular formula is C16H26N2O2S. The summed E-state index contributed by atoms with van der Waals surface area (Å²) in [5.74, 6) is 0.867. The van der Waals surface area contributed by atoms with E-state index in [4.69, 9.17) is 5.14 Å². The van der Waals surface area contributed by atoms with Crippen molar-refractivity contribution in [1.82, 2.24) is 0 Å². The molecule has 2 rings (SSSR count). The van der Waals surface area contributed by atoms with Gasteiger partial charge >= 0.3 is 0 Å². The average Bonchev–Trinajstić information content (AvgIpc) is 2.42. The third kappa shape index (κ3) is 4.45. The minimum atomic E-state index is -3.65. The molecule has 1 saturated carbocycles. The van der Waals surface area contributed by atoms with Crippen LogP contribution in [0.1, 0.15) is 51.0 Å². The molecule has 0 spiro atoms. The summed E-state index contributed by atoms with van der Waals surface area (Å²) >= 11 is 0. The molecule has 1 aliphatic carbocycles. The van der Waals surface area contributed by atoms with Crippen LogP contribution in [0, 0.1) is 12.8 Å². The van der Waals surface area contributed by atoms with Crippen molar-refractivity contribution in [2.24, 2.45) is 11.1 Å². The summed E-state index contributed by atoms with van der Waals surface area (Å²) in [4.78, 5) is 0.215. The average molecular weight is 310 g/mol. The topological polar surface area (TPSA) is 72.2 Å². The van der Waals surface area contributed by atoms with Gasteiger partial charge in [-0.3, -0.25) is 0 Å². The molecule has 118 valence electrons. The van der Waals surface area contributed by atoms with Crippen LogP contribution in [0.2, 0.25) is 0 Å². The van der Waals surface area contributed by atoms with Crippen molar-refractivity contribution in [3.63, 3.8) is 0 Å². The smallest absolute Gasteiger partial charge is 0.238 e. The zero-order chi connectivity index (χ0) is 15.5. The van der Waals surface area contributed by atoms with Crippen molar-refractivity contribution in [3.05, 3.63) is 23.8 Å². The summed E-state index contributed by atoms with van der Waals surface area (Å²) in [6, 6.07) is 5.84. The van der Waals surface area contributed by atoms with Gasteiger partial charge in [0.1, 0.15) is 0 Å². The molecule has 21 heavy (non-hydrogen) atoms. The number of aryl methyl sites for hydroxylation is 1. The molecule has 1 aromatic rings. The Kier molecular flexibility index (Phi) is 5.27. The second-order valence-electron chi connectivity index (χ2n) is 6.18. The van der Waals surface area contributed by atoms with Crippen molar-refractivity contribution in [2.75, 3.05) is 5.32 Å². The minimum Gasteiger partial charge on any atom is -0.382 e. The Hall–Kier alpha value is -1.07. The zero-order valence-electron chi connectivity index (χ0n) is 12.9. The summed E-state index contributed by atoms with van der Waals surface area (Å²) < 4.78 is 23.1. The summed E-state index contributed by atoms with van der Waals surface area (Å²) in [6.45, 7) is 4.00. The molecule has 0 unspecified atom stereocenters. The van der Waals surface area contributed by atoms with Gasteiger partial charge in [0.15, 0.2) is 0 Å². The van der Waals surface area contributed by atoms with Crippen LogP contribution < -0.4 is 10.5 Å². The molecule has 0 heterocycles. The van der Waals surface area contributed by atoms with Crippen LogP contribution in [0.3, 0.4) is 0 Å². The lowest BCUT2D eigenvalue weighted by Gasteiger charge is -2.29. The van der Waals surface area contributed by atoms with Crippen molar-refractivity contribution in [3.8, 4) is 0 Å². The highest BCUT2D eigenvalue weighted by Gasteiger charge is 2.21. The quantitative estimate of drug-likeness (QED) is 0.875. The standard InChI is InChI=1S/C16H26N2O2S/c1-3-4-13-6-9-14(10-7-13)18-15-8-5-12(2)16(11-15)21(17,19)20/h5,8,11,13-14,18H,3-4,6-7,9-10H2,1-2H3,(H2,17,19,20). The van der Waals surface area contributed by atoms with E-state index >= 15 is 0 Å². The van der Waals surface area contributed by atoms with Crippen molar-refractivity contribution < 1.29 is 8.42 Å². The Morgan fingerprint density at radius 2 is 1.90 bits per heavy atom. The Labute approximate surface area is 128 Å². The summed E-state index contributed by atoms with van der Waals surface area (Å²) in [5, 5.41) is 8.72. The lowest BCUT2D eigenvalue weighted by Crippen LogP contribution is -2.26. The fraction of sp³-hybridized carbons (Fsp3) is 0.625. The van der Waals surface area contributed by atoms with Gasteiger partial charge < -0.3 is 5.32 Å². The van der Waals surface area contributed by atoms with E-state index in [1.165, 1.54) is 25.7 Å². The maximum atomic E-state index is 11.6. The fourth-order valence-electron chi connectivity index (χ4n) is 3.24. The maximum Gasteiger partial charge on any atom is 0.238 e. The molecule has 4 nitrogen and oxygen atoms in total. The first-order valence-electron chi connectivity index (χ1n) is 7.80. The van der Waals surface area contributed by atoms with Crippen LogP contribution in [0.4, 0.5) is 5.69 Å². The highest BCUT2D eigenvalue weighted by Crippen LogP contribution is 2.30. The number of sulfonamides is 1. The molecule has 5 heteroatoms. The Balaban J connectivity index is 2.01. The molecule has 1 aromatic carbocycles. The van der Waals surface area contributed by atoms with Crippen LogP contribution >= 0.6 is 0 Å². The van der Waals surface area contributed by atoms with Crippen LogP contribution in [0.15, 0.2) is 23.1 Å². The van der Waals surface area contributed by atoms with Gasteiger partial charge in [0.05, 0.1) is 4.90 Å². The second kappa shape index (κ2) is 6.79. The molecule has 0 radical (unpaired) electrons. The van der Waals surface area contributed by atoms with Gasteiger partial charge in [-0.15, -0.1) is 0 Å². The van der Waals surface area contributed by atoms with Crippen LogP contribution in [0.5, 0.6) is 0 Å². The lowest BCUT2D eigenvalue weighted by molar-refractivity contribution is 0.319. The van der Waals surface area contributed by atoms with Gasteiger partial charge in [-0.2, -0.15) is 0 Å². The first-order valence-corrected chi connectivity index (χ1v) is 9.34. The van der Waals surface area contributed by atoms with Gasteiger partial charge in [0, 0.05) is 11.7 Å². The number of hydrogen-bond acceptors (Lipinski definition) is 3. The Morgan fingerprint density at radius 1 is 1.24 bits per heavy atom. The predicted octanol–water partition coefficient (Wildman–Crippen LogP) is 3.41. The Morgan fingerprint density at radius 3 is 2.48 bits per heavy atom. The number of primary sulfonamides is 1. The highest BCUT2D eigenvalue weighted by molar-refractivity contribution is 7.89.